The fraction of sp³-hybridized carbons (Fsp3) is 0.333. The first-order valence-electron chi connectivity index (χ1n) is 6.14. The maximum Gasteiger partial charge on any atom is 0.131 e. The molecule has 0 aromatic heterocycles. The van der Waals surface area contributed by atoms with Crippen molar-refractivity contribution in [3.8, 4) is 5.75 Å². The Morgan fingerprint density at radius 2 is 1.94 bits per heavy atom. The Morgan fingerprint density at radius 1 is 1.18 bits per heavy atom. The maximum atomic E-state index is 6.00. The van der Waals surface area contributed by atoms with Gasteiger partial charge >= 0.3 is 0 Å². The fourth-order valence-electron chi connectivity index (χ4n) is 1.98. The summed E-state index contributed by atoms with van der Waals surface area (Å²) >= 11 is 0. The van der Waals surface area contributed by atoms with E-state index in [1.54, 1.807) is 0 Å². The number of nitrogens with two attached hydrogens (primary N) is 1. The van der Waals surface area contributed by atoms with Crippen LogP contribution in [0, 0.1) is 0 Å². The van der Waals surface area contributed by atoms with E-state index >= 15 is 0 Å². The zero-order valence-corrected chi connectivity index (χ0v) is 10.4. The molecule has 0 amide bonds. The first kappa shape index (κ1) is 11.9. The van der Waals surface area contributed by atoms with E-state index in [9.17, 15) is 0 Å². The monoisotopic (exact) mass is 229 g/mol. The smallest absolute Gasteiger partial charge is 0.131 e. The van der Waals surface area contributed by atoms with E-state index < -0.39 is 0 Å². The summed E-state index contributed by atoms with van der Waals surface area (Å²) < 4.78 is 5.88. The molecule has 0 aliphatic heterocycles. The van der Waals surface area contributed by atoms with Gasteiger partial charge in [-0.25, -0.2) is 0 Å². The van der Waals surface area contributed by atoms with E-state index in [2.05, 4.69) is 31.2 Å². The quantitative estimate of drug-likeness (QED) is 0.868. The summed E-state index contributed by atoms with van der Waals surface area (Å²) in [4.78, 5) is 0. The van der Waals surface area contributed by atoms with Crippen molar-refractivity contribution in [1.82, 2.24) is 0 Å². The third kappa shape index (κ3) is 2.42. The van der Waals surface area contributed by atoms with Gasteiger partial charge in [0.1, 0.15) is 5.75 Å². The summed E-state index contributed by atoms with van der Waals surface area (Å²) in [5, 5.41) is 2.35. The maximum absolute atomic E-state index is 6.00. The van der Waals surface area contributed by atoms with Gasteiger partial charge in [-0.15, -0.1) is 0 Å². The summed E-state index contributed by atoms with van der Waals surface area (Å²) in [7, 11) is 0. The molecule has 0 aliphatic rings. The predicted molar refractivity (Wildman–Crippen MR) is 72.3 cm³/mol. The van der Waals surface area contributed by atoms with Crippen molar-refractivity contribution < 1.29 is 4.74 Å². The first-order chi connectivity index (χ1) is 8.24. The van der Waals surface area contributed by atoms with Crippen molar-refractivity contribution in [2.24, 2.45) is 5.73 Å². The zero-order chi connectivity index (χ0) is 12.3. The van der Waals surface area contributed by atoms with Gasteiger partial charge in [-0.1, -0.05) is 43.3 Å². The van der Waals surface area contributed by atoms with Crippen LogP contribution in [0.15, 0.2) is 36.4 Å². The second-order valence-electron chi connectivity index (χ2n) is 4.34. The molecule has 2 nitrogen and oxygen atoms in total. The molecule has 0 fully saturated rings. The first-order valence-corrected chi connectivity index (χ1v) is 6.14. The van der Waals surface area contributed by atoms with Gasteiger partial charge in [0.15, 0.2) is 0 Å². The molecule has 2 heteroatoms. The molecule has 1 unspecified atom stereocenters. The number of hydrogen-bond acceptors (Lipinski definition) is 2. The average Bonchev–Trinajstić information content (AvgIpc) is 2.35. The summed E-state index contributed by atoms with van der Waals surface area (Å²) in [5.41, 5.74) is 7.08. The van der Waals surface area contributed by atoms with Crippen LogP contribution in [0.3, 0.4) is 0 Å². The molecule has 2 N–H and O–H groups in total. The van der Waals surface area contributed by atoms with Gasteiger partial charge in [0.2, 0.25) is 0 Å². The Kier molecular flexibility index (Phi) is 3.64. The minimum atomic E-state index is -0.00791. The lowest BCUT2D eigenvalue weighted by atomic mass is 10.0. The second-order valence-corrected chi connectivity index (χ2v) is 4.34. The molecule has 2 aromatic rings. The van der Waals surface area contributed by atoms with E-state index in [4.69, 9.17) is 10.5 Å². The normalized spacial score (nSPS) is 12.6. The molecular weight excluding hydrogens is 210 g/mol. The highest BCUT2D eigenvalue weighted by Crippen LogP contribution is 2.32. The van der Waals surface area contributed by atoms with Crippen molar-refractivity contribution in [2.75, 3.05) is 6.61 Å². The highest BCUT2D eigenvalue weighted by Gasteiger charge is 2.11. The van der Waals surface area contributed by atoms with Crippen LogP contribution in [0.25, 0.3) is 10.8 Å². The summed E-state index contributed by atoms with van der Waals surface area (Å²) in [5.74, 6) is 0.944. The van der Waals surface area contributed by atoms with E-state index in [1.165, 1.54) is 5.39 Å². The number of ether oxygens (including phenoxy) is 1. The predicted octanol–water partition coefficient (Wildman–Crippen LogP) is 3.65. The standard InChI is InChI=1S/C15H19NO/c1-3-10-17-15-13(11(2)16)9-8-12-6-4-5-7-14(12)15/h4-9,11H,3,10,16H2,1-2H3. The zero-order valence-electron chi connectivity index (χ0n) is 10.4. The van der Waals surface area contributed by atoms with Gasteiger partial charge in [0.25, 0.3) is 0 Å². The Bertz CT molecular complexity index is 505. The third-order valence-corrected chi connectivity index (χ3v) is 2.85. The van der Waals surface area contributed by atoms with Gasteiger partial charge in [-0.3, -0.25) is 0 Å². The van der Waals surface area contributed by atoms with E-state index in [0.29, 0.717) is 0 Å². The largest absolute Gasteiger partial charge is 0.493 e. The van der Waals surface area contributed by atoms with Crippen molar-refractivity contribution in [3.63, 3.8) is 0 Å². The van der Waals surface area contributed by atoms with Crippen LogP contribution in [-0.2, 0) is 0 Å². The van der Waals surface area contributed by atoms with Gasteiger partial charge < -0.3 is 10.5 Å². The topological polar surface area (TPSA) is 35.2 Å². The summed E-state index contributed by atoms with van der Waals surface area (Å²) in [6, 6.07) is 12.4. The Balaban J connectivity index is 2.57. The minimum absolute atomic E-state index is 0.00791. The Hall–Kier alpha value is -1.54. The third-order valence-electron chi connectivity index (χ3n) is 2.85. The van der Waals surface area contributed by atoms with Crippen molar-refractivity contribution in [2.45, 2.75) is 26.3 Å². The molecule has 0 saturated heterocycles. The highest BCUT2D eigenvalue weighted by atomic mass is 16.5. The molecule has 0 spiro atoms. The lowest BCUT2D eigenvalue weighted by Gasteiger charge is -2.16. The van der Waals surface area contributed by atoms with E-state index in [-0.39, 0.29) is 6.04 Å². The Morgan fingerprint density at radius 3 is 2.65 bits per heavy atom. The minimum Gasteiger partial charge on any atom is -0.493 e. The SMILES string of the molecule is CCCOc1c(C(C)N)ccc2ccccc12. The highest BCUT2D eigenvalue weighted by molar-refractivity contribution is 5.89. The lowest BCUT2D eigenvalue weighted by molar-refractivity contribution is 0.316. The van der Waals surface area contributed by atoms with Crippen LogP contribution in [0.1, 0.15) is 31.9 Å². The van der Waals surface area contributed by atoms with Crippen LogP contribution in [0.5, 0.6) is 5.75 Å². The molecule has 17 heavy (non-hydrogen) atoms. The number of hydrogen-bond donors (Lipinski definition) is 1. The van der Waals surface area contributed by atoms with Crippen LogP contribution in [0.2, 0.25) is 0 Å². The van der Waals surface area contributed by atoms with Crippen LogP contribution >= 0.6 is 0 Å². The molecule has 1 atom stereocenters. The van der Waals surface area contributed by atoms with Crippen molar-refractivity contribution >= 4 is 10.8 Å². The molecule has 2 aromatic carbocycles. The van der Waals surface area contributed by atoms with E-state index in [1.807, 2.05) is 19.1 Å². The number of benzene rings is 2. The lowest BCUT2D eigenvalue weighted by Crippen LogP contribution is -2.08. The molecular formula is C15H19NO. The molecule has 0 aliphatic carbocycles. The van der Waals surface area contributed by atoms with Crippen LogP contribution in [-0.4, -0.2) is 6.61 Å². The van der Waals surface area contributed by atoms with Gasteiger partial charge in [0.05, 0.1) is 6.61 Å². The molecule has 90 valence electrons. The molecule has 0 saturated carbocycles. The molecule has 0 radical (unpaired) electrons. The Labute approximate surface area is 102 Å². The number of rotatable bonds is 4. The summed E-state index contributed by atoms with van der Waals surface area (Å²) in [6.45, 7) is 4.83. The number of fused-ring (bicyclic) bond motifs is 1. The van der Waals surface area contributed by atoms with Crippen molar-refractivity contribution in [3.05, 3.63) is 42.0 Å². The van der Waals surface area contributed by atoms with E-state index in [0.717, 1.165) is 29.7 Å². The van der Waals surface area contributed by atoms with Gasteiger partial charge in [-0.2, -0.15) is 0 Å². The fourth-order valence-corrected chi connectivity index (χ4v) is 1.98. The average molecular weight is 229 g/mol. The van der Waals surface area contributed by atoms with Crippen molar-refractivity contribution in [1.29, 1.82) is 0 Å². The van der Waals surface area contributed by atoms with Crippen LogP contribution < -0.4 is 10.5 Å². The van der Waals surface area contributed by atoms with Crippen LogP contribution in [0.4, 0.5) is 0 Å². The molecule has 2 rings (SSSR count). The van der Waals surface area contributed by atoms with Gasteiger partial charge in [0, 0.05) is 17.0 Å². The molecule has 0 heterocycles. The van der Waals surface area contributed by atoms with Gasteiger partial charge in [-0.05, 0) is 18.7 Å². The second kappa shape index (κ2) is 5.19. The summed E-state index contributed by atoms with van der Waals surface area (Å²) in [6.07, 6.45) is 1.00. The molecule has 0 bridgehead atoms.